The van der Waals surface area contributed by atoms with E-state index in [0.717, 1.165) is 38.8 Å². The maximum absolute atomic E-state index is 12.5. The molecule has 0 fully saturated rings. The Balaban J connectivity index is 0.0000162. The summed E-state index contributed by atoms with van der Waals surface area (Å²) in [6.07, 6.45) is 49.8. The lowest BCUT2D eigenvalue weighted by molar-refractivity contribution is -0.697. The zero-order valence-electron chi connectivity index (χ0n) is 37.4. The van der Waals surface area contributed by atoms with Gasteiger partial charge in [-0.3, -0.25) is 0 Å². The second-order valence-electron chi connectivity index (χ2n) is 16.5. The molecule has 0 aliphatic carbocycles. The molecule has 0 N–H and O–H groups in total. The SMILES string of the molecule is CCCCCCCCCCCCCCCC[n+]1ccc(C(=O)OCCCCCCOC(=O)c2cc[n+](CCCCCCCCCCCCCCCC)cc2)cc1.[I-].[I-]. The van der Waals surface area contributed by atoms with E-state index in [1.165, 1.54) is 180 Å². The molecule has 0 saturated heterocycles. The predicted molar refractivity (Wildman–Crippen MR) is 233 cm³/mol. The van der Waals surface area contributed by atoms with E-state index < -0.39 is 0 Å². The second kappa shape index (κ2) is 42.4. The van der Waals surface area contributed by atoms with E-state index in [1.807, 2.05) is 49.1 Å². The summed E-state index contributed by atoms with van der Waals surface area (Å²) in [7, 11) is 0. The van der Waals surface area contributed by atoms with Crippen molar-refractivity contribution >= 4 is 11.9 Å². The number of rotatable bonds is 39. The molecule has 2 rings (SSSR count). The van der Waals surface area contributed by atoms with Gasteiger partial charge in [-0.25, -0.2) is 18.7 Å². The third-order valence-electron chi connectivity index (χ3n) is 11.3. The van der Waals surface area contributed by atoms with Crippen molar-refractivity contribution in [2.75, 3.05) is 13.2 Å². The molecule has 6 nitrogen and oxygen atoms in total. The van der Waals surface area contributed by atoms with Crippen LogP contribution in [0.5, 0.6) is 0 Å². The number of hydrogen-bond donors (Lipinski definition) is 0. The van der Waals surface area contributed by atoms with Gasteiger partial charge >= 0.3 is 11.9 Å². The van der Waals surface area contributed by atoms with E-state index in [0.29, 0.717) is 24.3 Å². The maximum atomic E-state index is 12.5. The molecular weight excluding hydrogens is 946 g/mol. The third-order valence-corrected chi connectivity index (χ3v) is 11.3. The van der Waals surface area contributed by atoms with E-state index in [2.05, 4.69) is 23.0 Å². The predicted octanol–water partition coefficient (Wildman–Crippen LogP) is 7.81. The van der Waals surface area contributed by atoms with Crippen LogP contribution in [0.4, 0.5) is 0 Å². The zero-order chi connectivity index (χ0) is 40.0. The van der Waals surface area contributed by atoms with Gasteiger partial charge in [0.1, 0.15) is 13.1 Å². The largest absolute Gasteiger partial charge is 1.00 e. The summed E-state index contributed by atoms with van der Waals surface area (Å²) in [5.74, 6) is -0.516. The van der Waals surface area contributed by atoms with Crippen molar-refractivity contribution in [3.8, 4) is 0 Å². The molecule has 0 aliphatic heterocycles. The van der Waals surface area contributed by atoms with E-state index >= 15 is 0 Å². The lowest BCUT2D eigenvalue weighted by Crippen LogP contribution is -3.00. The first-order valence-corrected chi connectivity index (χ1v) is 24.0. The molecule has 0 aliphatic rings. The number of carbonyl (C=O) groups excluding carboxylic acids is 2. The Labute approximate surface area is 391 Å². The van der Waals surface area contributed by atoms with Gasteiger partial charge in [-0.05, 0) is 38.5 Å². The molecule has 0 radical (unpaired) electrons. The summed E-state index contributed by atoms with van der Waals surface area (Å²) >= 11 is 0. The minimum atomic E-state index is -0.258. The summed E-state index contributed by atoms with van der Waals surface area (Å²) in [5, 5.41) is 0. The number of aryl methyl sites for hydroxylation is 2. The van der Waals surface area contributed by atoms with Gasteiger partial charge in [-0.1, -0.05) is 168 Å². The van der Waals surface area contributed by atoms with Crippen LogP contribution in [0.1, 0.15) is 240 Å². The second-order valence-corrected chi connectivity index (χ2v) is 16.5. The summed E-state index contributed by atoms with van der Waals surface area (Å²) in [4.78, 5) is 25.0. The summed E-state index contributed by atoms with van der Waals surface area (Å²) in [5.41, 5.74) is 1.21. The van der Waals surface area contributed by atoms with Crippen molar-refractivity contribution in [2.24, 2.45) is 0 Å². The zero-order valence-corrected chi connectivity index (χ0v) is 41.7. The third kappa shape index (κ3) is 32.5. The summed E-state index contributed by atoms with van der Waals surface area (Å²) in [6, 6.07) is 7.48. The highest BCUT2D eigenvalue weighted by Crippen LogP contribution is 2.15. The minimum absolute atomic E-state index is 0. The Morgan fingerprint density at radius 1 is 0.362 bits per heavy atom. The molecular formula is C50H86I2N2O4. The summed E-state index contributed by atoms with van der Waals surface area (Å²) in [6.45, 7) is 7.38. The van der Waals surface area contributed by atoms with Gasteiger partial charge < -0.3 is 57.4 Å². The monoisotopic (exact) mass is 1030 g/mol. The van der Waals surface area contributed by atoms with Crippen LogP contribution >= 0.6 is 0 Å². The fourth-order valence-electron chi connectivity index (χ4n) is 7.52. The van der Waals surface area contributed by atoms with E-state index in [4.69, 9.17) is 9.47 Å². The van der Waals surface area contributed by atoms with Crippen LogP contribution in [-0.4, -0.2) is 25.2 Å². The van der Waals surface area contributed by atoms with Crippen LogP contribution in [0.25, 0.3) is 0 Å². The van der Waals surface area contributed by atoms with Crippen molar-refractivity contribution in [3.63, 3.8) is 0 Å². The molecule has 0 saturated carbocycles. The number of esters is 2. The standard InChI is InChI=1S/C50H86N2O4.2HI/c1-3-5-7-9-11-13-15-17-19-21-23-25-27-31-39-51-41-35-47(36-42-51)49(53)55-45-33-29-30-34-46-56-50(54)48-37-43-52(44-38-48)40-32-28-26-24-22-20-18-16-14-12-10-8-6-4-2;;/h35-38,41-44H,3-34,39-40,45-46H2,1-2H3;2*1H/q+2;;/p-2. The van der Waals surface area contributed by atoms with E-state index in [1.54, 1.807) is 0 Å². The fourth-order valence-corrected chi connectivity index (χ4v) is 7.52. The van der Waals surface area contributed by atoms with Gasteiger partial charge in [0.15, 0.2) is 24.8 Å². The highest BCUT2D eigenvalue weighted by Gasteiger charge is 2.11. The first-order chi connectivity index (χ1) is 27.6. The van der Waals surface area contributed by atoms with E-state index in [-0.39, 0.29) is 59.9 Å². The lowest BCUT2D eigenvalue weighted by atomic mass is 10.0. The Morgan fingerprint density at radius 2 is 0.586 bits per heavy atom. The minimum Gasteiger partial charge on any atom is -1.00 e. The number of unbranched alkanes of at least 4 members (excludes halogenated alkanes) is 29. The number of carbonyl (C=O) groups is 2. The van der Waals surface area contributed by atoms with Gasteiger partial charge in [-0.15, -0.1) is 0 Å². The Morgan fingerprint density at radius 3 is 0.845 bits per heavy atom. The lowest BCUT2D eigenvalue weighted by Gasteiger charge is -2.06. The first kappa shape index (κ1) is 56.7. The number of aromatic nitrogens is 2. The highest BCUT2D eigenvalue weighted by atomic mass is 127. The molecule has 2 aromatic heterocycles. The molecule has 0 spiro atoms. The smallest absolute Gasteiger partial charge is 0.338 e. The number of halogens is 2. The topological polar surface area (TPSA) is 60.4 Å². The van der Waals surface area contributed by atoms with Gasteiger partial charge in [0.05, 0.1) is 24.3 Å². The highest BCUT2D eigenvalue weighted by molar-refractivity contribution is 5.89. The molecule has 8 heteroatoms. The number of ether oxygens (including phenoxy) is 2. The first-order valence-electron chi connectivity index (χ1n) is 24.0. The van der Waals surface area contributed by atoms with E-state index in [9.17, 15) is 9.59 Å². The molecule has 2 aromatic rings. The molecule has 334 valence electrons. The van der Waals surface area contributed by atoms with Gasteiger partial charge in [0, 0.05) is 37.1 Å². The quantitative estimate of drug-likeness (QED) is 0.0297. The van der Waals surface area contributed by atoms with Crippen molar-refractivity contribution in [1.29, 1.82) is 0 Å². The van der Waals surface area contributed by atoms with Crippen LogP contribution in [-0.2, 0) is 22.6 Å². The Kier molecular flexibility index (Phi) is 41.4. The fraction of sp³-hybridized carbons (Fsp3) is 0.760. The number of pyridine rings is 2. The molecule has 0 bridgehead atoms. The Hall–Kier alpha value is -1.30. The van der Waals surface area contributed by atoms with Crippen LogP contribution in [0.15, 0.2) is 49.1 Å². The van der Waals surface area contributed by atoms with Crippen LogP contribution in [0.2, 0.25) is 0 Å². The van der Waals surface area contributed by atoms with Gasteiger partial charge in [-0.2, -0.15) is 0 Å². The van der Waals surface area contributed by atoms with Crippen molar-refractivity contribution < 1.29 is 76.2 Å². The molecule has 0 amide bonds. The van der Waals surface area contributed by atoms with Gasteiger partial charge in [0.2, 0.25) is 0 Å². The van der Waals surface area contributed by atoms with Crippen LogP contribution in [0, 0.1) is 0 Å². The normalized spacial score (nSPS) is 10.9. The average molecular weight is 1030 g/mol. The van der Waals surface area contributed by atoms with Crippen molar-refractivity contribution in [1.82, 2.24) is 0 Å². The molecule has 0 aromatic carbocycles. The van der Waals surface area contributed by atoms with Gasteiger partial charge in [0.25, 0.3) is 0 Å². The molecule has 0 unspecified atom stereocenters. The number of nitrogens with zero attached hydrogens (tertiary/aromatic N) is 2. The van der Waals surface area contributed by atoms with Crippen molar-refractivity contribution in [2.45, 2.75) is 232 Å². The van der Waals surface area contributed by atoms with Crippen LogP contribution in [0.3, 0.4) is 0 Å². The molecule has 2 heterocycles. The average Bonchev–Trinajstić information content (AvgIpc) is 3.22. The Bertz CT molecular complexity index is 1100. The summed E-state index contributed by atoms with van der Waals surface area (Å²) < 4.78 is 15.3. The number of hydrogen-bond acceptors (Lipinski definition) is 4. The molecule has 0 atom stereocenters. The van der Waals surface area contributed by atoms with Crippen LogP contribution < -0.4 is 57.1 Å². The maximum Gasteiger partial charge on any atom is 0.338 e. The van der Waals surface area contributed by atoms with Crippen molar-refractivity contribution in [3.05, 3.63) is 60.2 Å². The molecule has 58 heavy (non-hydrogen) atoms.